The van der Waals surface area contributed by atoms with Gasteiger partial charge in [0.1, 0.15) is 12.4 Å². The quantitative estimate of drug-likeness (QED) is 0.235. The Morgan fingerprint density at radius 3 is 2.53 bits per heavy atom. The molecular formula is C23H20Cl2N2O2S. The number of para-hydroxylation sites is 1. The molecule has 0 bridgehead atoms. The van der Waals surface area contributed by atoms with Gasteiger partial charge in [-0.2, -0.15) is 5.10 Å². The van der Waals surface area contributed by atoms with Gasteiger partial charge in [0.15, 0.2) is 0 Å². The normalized spacial score (nSPS) is 10.9. The van der Waals surface area contributed by atoms with Gasteiger partial charge < -0.3 is 4.74 Å². The lowest BCUT2D eigenvalue weighted by Crippen LogP contribution is -2.17. The molecule has 4 nitrogen and oxygen atoms in total. The Balaban J connectivity index is 1.47. The van der Waals surface area contributed by atoms with Gasteiger partial charge in [0.05, 0.1) is 6.21 Å². The highest BCUT2D eigenvalue weighted by Crippen LogP contribution is 2.22. The average Bonchev–Trinajstić information content (AvgIpc) is 2.75. The summed E-state index contributed by atoms with van der Waals surface area (Å²) >= 11 is 13.6. The number of nitrogens with one attached hydrogen (secondary N) is 1. The fraction of sp³-hybridized carbons (Fsp3) is 0.130. The number of benzene rings is 3. The molecule has 0 aromatic heterocycles. The number of rotatable bonds is 9. The molecule has 0 aliphatic heterocycles. The van der Waals surface area contributed by atoms with Crippen LogP contribution in [0.1, 0.15) is 17.5 Å². The van der Waals surface area contributed by atoms with E-state index < -0.39 is 0 Å². The van der Waals surface area contributed by atoms with Gasteiger partial charge in [-0.3, -0.25) is 4.79 Å². The summed E-state index contributed by atoms with van der Waals surface area (Å²) in [4.78, 5) is 13.1. The predicted molar refractivity (Wildman–Crippen MR) is 125 cm³/mol. The van der Waals surface area contributed by atoms with E-state index in [1.54, 1.807) is 18.0 Å². The number of carbonyl (C=O) groups excluding carboxylic acids is 1. The third-order valence-corrected chi connectivity index (χ3v) is 5.70. The summed E-state index contributed by atoms with van der Waals surface area (Å²) in [5, 5.41) is 5.41. The molecule has 0 heterocycles. The van der Waals surface area contributed by atoms with Crippen LogP contribution in [0.2, 0.25) is 10.0 Å². The minimum absolute atomic E-state index is 0.151. The zero-order valence-electron chi connectivity index (χ0n) is 16.1. The zero-order chi connectivity index (χ0) is 21.2. The lowest BCUT2D eigenvalue weighted by Gasteiger charge is -2.10. The highest BCUT2D eigenvalue weighted by atomic mass is 35.5. The van der Waals surface area contributed by atoms with Crippen molar-refractivity contribution >= 4 is 47.1 Å². The van der Waals surface area contributed by atoms with Crippen molar-refractivity contribution in [2.45, 2.75) is 17.9 Å². The van der Waals surface area contributed by atoms with Gasteiger partial charge in [-0.15, -0.1) is 11.8 Å². The van der Waals surface area contributed by atoms with Crippen molar-refractivity contribution in [3.8, 4) is 5.75 Å². The molecule has 3 aromatic rings. The third-order valence-electron chi connectivity index (χ3n) is 4.06. The summed E-state index contributed by atoms with van der Waals surface area (Å²) < 4.78 is 5.88. The van der Waals surface area contributed by atoms with Gasteiger partial charge in [-0.05, 0) is 42.5 Å². The second kappa shape index (κ2) is 11.6. The number of thioether (sulfide) groups is 1. The monoisotopic (exact) mass is 458 g/mol. The van der Waals surface area contributed by atoms with Crippen molar-refractivity contribution in [1.82, 2.24) is 5.43 Å². The van der Waals surface area contributed by atoms with Gasteiger partial charge in [-0.25, -0.2) is 5.43 Å². The van der Waals surface area contributed by atoms with E-state index in [0.29, 0.717) is 34.6 Å². The van der Waals surface area contributed by atoms with Crippen LogP contribution in [0, 0.1) is 0 Å². The molecule has 0 saturated carbocycles. The average molecular weight is 459 g/mol. The molecule has 0 fully saturated rings. The van der Waals surface area contributed by atoms with Crippen LogP contribution in [-0.2, 0) is 11.4 Å². The first-order chi connectivity index (χ1) is 14.6. The molecule has 3 aromatic carbocycles. The Labute approximate surface area is 190 Å². The smallest absolute Gasteiger partial charge is 0.240 e. The van der Waals surface area contributed by atoms with Gasteiger partial charge in [0.2, 0.25) is 5.91 Å². The van der Waals surface area contributed by atoms with Crippen molar-refractivity contribution in [3.05, 3.63) is 94.0 Å². The molecule has 0 aliphatic rings. The number of hydrogen-bond acceptors (Lipinski definition) is 4. The molecule has 1 N–H and O–H groups in total. The van der Waals surface area contributed by atoms with Crippen LogP contribution < -0.4 is 10.2 Å². The second-order valence-corrected chi connectivity index (χ2v) is 8.28. The van der Waals surface area contributed by atoms with E-state index in [1.165, 1.54) is 0 Å². The molecule has 0 unspecified atom stereocenters. The minimum atomic E-state index is -0.151. The number of carbonyl (C=O) groups is 1. The summed E-state index contributed by atoms with van der Waals surface area (Å²) in [5.74, 6) is 1.16. The molecule has 0 aliphatic carbocycles. The van der Waals surface area contributed by atoms with Gasteiger partial charge in [0.25, 0.3) is 0 Å². The molecule has 1 amide bonds. The van der Waals surface area contributed by atoms with E-state index in [-0.39, 0.29) is 5.91 Å². The maximum absolute atomic E-state index is 12.0. The SMILES string of the molecule is O=C(CCSc1ccc(Cl)cc1)N/N=C/c1ccccc1OCc1ccccc1Cl. The summed E-state index contributed by atoms with van der Waals surface area (Å²) in [7, 11) is 0. The Kier molecular flexibility index (Phi) is 8.63. The van der Waals surface area contributed by atoms with E-state index in [0.717, 1.165) is 16.0 Å². The Hall–Kier alpha value is -2.47. The molecular weight excluding hydrogens is 439 g/mol. The molecule has 154 valence electrons. The Morgan fingerprint density at radius 2 is 1.73 bits per heavy atom. The topological polar surface area (TPSA) is 50.7 Å². The molecule has 30 heavy (non-hydrogen) atoms. The summed E-state index contributed by atoms with van der Waals surface area (Å²) in [5.41, 5.74) is 4.22. The van der Waals surface area contributed by atoms with Crippen molar-refractivity contribution < 1.29 is 9.53 Å². The number of hydrazone groups is 1. The molecule has 0 radical (unpaired) electrons. The Bertz CT molecular complexity index is 1010. The lowest BCUT2D eigenvalue weighted by molar-refractivity contribution is -0.120. The van der Waals surface area contributed by atoms with Gasteiger partial charge in [-0.1, -0.05) is 53.5 Å². The maximum atomic E-state index is 12.0. The van der Waals surface area contributed by atoms with E-state index in [9.17, 15) is 4.79 Å². The van der Waals surface area contributed by atoms with Crippen LogP contribution in [0.5, 0.6) is 5.75 Å². The fourth-order valence-electron chi connectivity index (χ4n) is 2.51. The minimum Gasteiger partial charge on any atom is -0.488 e. The van der Waals surface area contributed by atoms with Gasteiger partial charge in [0, 0.05) is 38.2 Å². The van der Waals surface area contributed by atoms with E-state index in [4.69, 9.17) is 27.9 Å². The summed E-state index contributed by atoms with van der Waals surface area (Å²) in [6, 6.07) is 22.6. The number of nitrogens with zero attached hydrogens (tertiary/aromatic N) is 1. The molecule has 0 spiro atoms. The van der Waals surface area contributed by atoms with Crippen LogP contribution in [0.25, 0.3) is 0 Å². The van der Waals surface area contributed by atoms with Crippen LogP contribution in [0.15, 0.2) is 82.8 Å². The van der Waals surface area contributed by atoms with E-state index in [1.807, 2.05) is 72.8 Å². The molecule has 7 heteroatoms. The third kappa shape index (κ3) is 7.10. The van der Waals surface area contributed by atoms with Crippen molar-refractivity contribution in [2.75, 3.05) is 5.75 Å². The fourth-order valence-corrected chi connectivity index (χ4v) is 3.68. The van der Waals surface area contributed by atoms with Crippen LogP contribution in [-0.4, -0.2) is 17.9 Å². The summed E-state index contributed by atoms with van der Waals surface area (Å²) in [6.07, 6.45) is 1.93. The molecule has 0 atom stereocenters. The zero-order valence-corrected chi connectivity index (χ0v) is 18.4. The Morgan fingerprint density at radius 1 is 1.00 bits per heavy atom. The van der Waals surface area contributed by atoms with Crippen LogP contribution in [0.4, 0.5) is 0 Å². The van der Waals surface area contributed by atoms with Crippen LogP contribution >= 0.6 is 35.0 Å². The molecule has 0 saturated heterocycles. The first kappa shape index (κ1) is 22.2. The first-order valence-corrected chi connectivity index (χ1v) is 11.0. The first-order valence-electron chi connectivity index (χ1n) is 9.27. The maximum Gasteiger partial charge on any atom is 0.240 e. The van der Waals surface area contributed by atoms with E-state index >= 15 is 0 Å². The predicted octanol–water partition coefficient (Wildman–Crippen LogP) is 6.20. The highest BCUT2D eigenvalue weighted by Gasteiger charge is 2.05. The van der Waals surface area contributed by atoms with Crippen molar-refractivity contribution in [1.29, 1.82) is 0 Å². The number of hydrogen-bond donors (Lipinski definition) is 1. The van der Waals surface area contributed by atoms with Gasteiger partial charge >= 0.3 is 0 Å². The van der Waals surface area contributed by atoms with Crippen molar-refractivity contribution in [3.63, 3.8) is 0 Å². The largest absolute Gasteiger partial charge is 0.488 e. The second-order valence-electron chi connectivity index (χ2n) is 6.26. The van der Waals surface area contributed by atoms with Crippen LogP contribution in [0.3, 0.4) is 0 Å². The molecule has 3 rings (SSSR count). The highest BCUT2D eigenvalue weighted by molar-refractivity contribution is 7.99. The number of halogens is 2. The van der Waals surface area contributed by atoms with Crippen molar-refractivity contribution in [2.24, 2.45) is 5.10 Å². The number of ether oxygens (including phenoxy) is 1. The lowest BCUT2D eigenvalue weighted by atomic mass is 10.2. The summed E-state index contributed by atoms with van der Waals surface area (Å²) in [6.45, 7) is 0.346. The standard InChI is InChI=1S/C23H20Cl2N2O2S/c24-19-9-11-20(12-10-19)30-14-13-23(28)27-26-15-17-5-2-4-8-22(17)29-16-18-6-1-3-7-21(18)25/h1-12,15H,13-14,16H2,(H,27,28)/b26-15+. The van der Waals surface area contributed by atoms with E-state index in [2.05, 4.69) is 10.5 Å². The number of amides is 1.